The Kier molecular flexibility index (Phi) is 11.7. The van der Waals surface area contributed by atoms with E-state index in [2.05, 4.69) is 39.5 Å². The van der Waals surface area contributed by atoms with Crippen LogP contribution in [0.3, 0.4) is 0 Å². The second kappa shape index (κ2) is 12.4. The van der Waals surface area contributed by atoms with Gasteiger partial charge in [0.15, 0.2) is 0 Å². The van der Waals surface area contributed by atoms with E-state index < -0.39 is 0 Å². The molecule has 0 aromatic carbocycles. The molecular formula is C12H28N6. The highest BCUT2D eigenvalue weighted by Gasteiger charge is 2.07. The highest BCUT2D eigenvalue weighted by atomic mass is 15.4. The summed E-state index contributed by atoms with van der Waals surface area (Å²) in [6, 6.07) is 0. The van der Waals surface area contributed by atoms with Crippen LogP contribution in [0.1, 0.15) is 33.6 Å². The molecule has 0 spiro atoms. The van der Waals surface area contributed by atoms with Crippen molar-refractivity contribution in [2.24, 2.45) is 21.2 Å². The molecule has 6 heteroatoms. The van der Waals surface area contributed by atoms with Crippen molar-refractivity contribution < 1.29 is 0 Å². The zero-order valence-corrected chi connectivity index (χ0v) is 12.0. The molecule has 0 amide bonds. The largest absolute Gasteiger partial charge is 0.386 e. The molecule has 0 bridgehead atoms. The number of piperazine rings is 1. The van der Waals surface area contributed by atoms with Crippen molar-refractivity contribution in [2.75, 3.05) is 39.3 Å². The van der Waals surface area contributed by atoms with Gasteiger partial charge in [-0.3, -0.25) is 0 Å². The fraction of sp³-hybridized carbons (Fsp3) is 0.917. The lowest BCUT2D eigenvalue weighted by Gasteiger charge is -2.26. The lowest BCUT2D eigenvalue weighted by Crippen LogP contribution is -2.43. The van der Waals surface area contributed by atoms with Crippen LogP contribution in [0.2, 0.25) is 0 Å². The highest BCUT2D eigenvalue weighted by Crippen LogP contribution is 1.94. The normalized spacial score (nSPS) is 17.6. The average Bonchev–Trinajstić information content (AvgIpc) is 2.35. The molecule has 1 saturated heterocycles. The van der Waals surface area contributed by atoms with Gasteiger partial charge in [0.25, 0.3) is 0 Å². The molecule has 18 heavy (non-hydrogen) atoms. The number of rotatable bonds is 5. The summed E-state index contributed by atoms with van der Waals surface area (Å²) >= 11 is 0. The summed E-state index contributed by atoms with van der Waals surface area (Å²) in [5.74, 6) is 0.445. The Morgan fingerprint density at radius 3 is 2.44 bits per heavy atom. The third kappa shape index (κ3) is 11.5. The van der Waals surface area contributed by atoms with Gasteiger partial charge in [-0.05, 0) is 18.6 Å². The monoisotopic (exact) mass is 256 g/mol. The maximum Gasteiger partial charge on any atom is 0.121 e. The summed E-state index contributed by atoms with van der Waals surface area (Å²) in [4.78, 5) is 2.43. The number of nitrogens with one attached hydrogen (secondary N) is 1. The quantitative estimate of drug-likeness (QED) is 0.257. The standard InChI is InChI=1S/C9H20N6.C3H8/c1-9(10)13-14-12-3-2-6-15-7-4-11-5-8-15;1-3-2/h11H,2-8H2,1H3,(H2,10,12,13);3H2,1-2H3. The van der Waals surface area contributed by atoms with E-state index in [0.717, 1.165) is 45.7 Å². The molecule has 0 unspecified atom stereocenters. The molecule has 0 aliphatic carbocycles. The molecule has 0 radical (unpaired) electrons. The van der Waals surface area contributed by atoms with E-state index in [0.29, 0.717) is 5.84 Å². The van der Waals surface area contributed by atoms with Crippen molar-refractivity contribution in [2.45, 2.75) is 33.6 Å². The van der Waals surface area contributed by atoms with E-state index in [1.54, 1.807) is 6.92 Å². The first-order valence-electron chi connectivity index (χ1n) is 6.80. The molecule has 0 aromatic rings. The number of nitrogens with zero attached hydrogens (tertiary/aromatic N) is 4. The van der Waals surface area contributed by atoms with E-state index in [4.69, 9.17) is 5.73 Å². The zero-order valence-electron chi connectivity index (χ0n) is 12.0. The summed E-state index contributed by atoms with van der Waals surface area (Å²) in [7, 11) is 0. The minimum absolute atomic E-state index is 0.445. The smallest absolute Gasteiger partial charge is 0.121 e. The van der Waals surface area contributed by atoms with E-state index in [-0.39, 0.29) is 0 Å². The van der Waals surface area contributed by atoms with Gasteiger partial charge in [0, 0.05) is 32.7 Å². The van der Waals surface area contributed by atoms with Crippen LogP contribution in [0.15, 0.2) is 15.4 Å². The van der Waals surface area contributed by atoms with Crippen LogP contribution < -0.4 is 11.1 Å². The van der Waals surface area contributed by atoms with Crippen molar-refractivity contribution in [1.82, 2.24) is 10.2 Å². The van der Waals surface area contributed by atoms with Gasteiger partial charge in [0.2, 0.25) is 0 Å². The Labute approximate surface area is 111 Å². The van der Waals surface area contributed by atoms with Crippen molar-refractivity contribution in [1.29, 1.82) is 0 Å². The molecule has 106 valence electrons. The first-order valence-corrected chi connectivity index (χ1v) is 6.80. The summed E-state index contributed by atoms with van der Waals surface area (Å²) in [5, 5.41) is 14.5. The predicted molar refractivity (Wildman–Crippen MR) is 76.9 cm³/mol. The Morgan fingerprint density at radius 1 is 1.28 bits per heavy atom. The third-order valence-corrected chi connectivity index (χ3v) is 2.21. The fourth-order valence-corrected chi connectivity index (χ4v) is 1.45. The molecule has 1 heterocycles. The lowest BCUT2D eigenvalue weighted by atomic mass is 10.3. The molecule has 1 aliphatic rings. The van der Waals surface area contributed by atoms with Crippen LogP contribution in [-0.4, -0.2) is 50.0 Å². The Morgan fingerprint density at radius 2 is 1.89 bits per heavy atom. The molecule has 6 nitrogen and oxygen atoms in total. The van der Waals surface area contributed by atoms with Crippen molar-refractivity contribution in [3.8, 4) is 0 Å². The Hall–Kier alpha value is -1.01. The van der Waals surface area contributed by atoms with Gasteiger partial charge < -0.3 is 16.0 Å². The topological polar surface area (TPSA) is 78.4 Å². The molecule has 1 fully saturated rings. The Balaban J connectivity index is 0.000000873. The maximum atomic E-state index is 5.31. The summed E-state index contributed by atoms with van der Waals surface area (Å²) < 4.78 is 0. The predicted octanol–water partition coefficient (Wildman–Crippen LogP) is 1.44. The molecular weight excluding hydrogens is 228 g/mol. The van der Waals surface area contributed by atoms with Crippen molar-refractivity contribution in [3.63, 3.8) is 0 Å². The van der Waals surface area contributed by atoms with Gasteiger partial charge in [-0.25, -0.2) is 0 Å². The average molecular weight is 256 g/mol. The molecule has 0 atom stereocenters. The van der Waals surface area contributed by atoms with Gasteiger partial charge in [0.1, 0.15) is 5.84 Å². The van der Waals surface area contributed by atoms with Crippen LogP contribution in [0.5, 0.6) is 0 Å². The van der Waals surface area contributed by atoms with Gasteiger partial charge >= 0.3 is 0 Å². The van der Waals surface area contributed by atoms with E-state index in [1.165, 1.54) is 6.42 Å². The van der Waals surface area contributed by atoms with E-state index in [9.17, 15) is 0 Å². The van der Waals surface area contributed by atoms with E-state index >= 15 is 0 Å². The number of hydrogen-bond donors (Lipinski definition) is 2. The summed E-state index contributed by atoms with van der Waals surface area (Å²) in [6.45, 7) is 12.2. The van der Waals surface area contributed by atoms with Crippen LogP contribution in [0.4, 0.5) is 0 Å². The highest BCUT2D eigenvalue weighted by molar-refractivity contribution is 5.77. The molecule has 0 aromatic heterocycles. The fourth-order valence-electron chi connectivity index (χ4n) is 1.45. The van der Waals surface area contributed by atoms with Gasteiger partial charge in [-0.15, -0.1) is 5.10 Å². The Bertz CT molecular complexity index is 229. The number of amidine groups is 1. The second-order valence-electron chi connectivity index (χ2n) is 4.35. The number of hydrogen-bond acceptors (Lipinski definition) is 4. The molecule has 3 N–H and O–H groups in total. The maximum absolute atomic E-state index is 5.31. The van der Waals surface area contributed by atoms with Gasteiger partial charge in [-0.1, -0.05) is 20.3 Å². The van der Waals surface area contributed by atoms with Gasteiger partial charge in [0.05, 0.1) is 6.54 Å². The van der Waals surface area contributed by atoms with Crippen molar-refractivity contribution >= 4 is 5.84 Å². The minimum Gasteiger partial charge on any atom is -0.386 e. The number of nitrogens with two attached hydrogens (primary N) is 1. The third-order valence-electron chi connectivity index (χ3n) is 2.21. The zero-order chi connectivity index (χ0) is 13.6. The molecule has 1 rings (SSSR count). The van der Waals surface area contributed by atoms with Crippen LogP contribution in [0.25, 0.3) is 0 Å². The summed E-state index contributed by atoms with van der Waals surface area (Å²) in [5.41, 5.74) is 5.31. The minimum atomic E-state index is 0.445. The summed E-state index contributed by atoms with van der Waals surface area (Å²) in [6.07, 6.45) is 2.28. The van der Waals surface area contributed by atoms with Crippen LogP contribution in [-0.2, 0) is 0 Å². The second-order valence-corrected chi connectivity index (χ2v) is 4.35. The first kappa shape index (κ1) is 17.0. The molecule has 0 saturated carbocycles. The molecule has 1 aliphatic heterocycles. The van der Waals surface area contributed by atoms with Crippen molar-refractivity contribution in [3.05, 3.63) is 0 Å². The van der Waals surface area contributed by atoms with Gasteiger partial charge in [-0.2, -0.15) is 5.11 Å². The lowest BCUT2D eigenvalue weighted by molar-refractivity contribution is 0.239. The first-order chi connectivity index (χ1) is 8.70. The van der Waals surface area contributed by atoms with E-state index in [1.807, 2.05) is 0 Å². The van der Waals surface area contributed by atoms with Crippen LogP contribution in [0, 0.1) is 0 Å². The SMILES string of the molecule is C/C(N)=N/N=NCCCN1CCNCC1.CCC. The van der Waals surface area contributed by atoms with Crippen LogP contribution >= 0.6 is 0 Å².